The van der Waals surface area contributed by atoms with Crippen molar-refractivity contribution in [3.8, 4) is 0 Å². The Morgan fingerprint density at radius 3 is 2.17 bits per heavy atom. The molecule has 0 aliphatic carbocycles. The molecule has 1 N–H and O–H groups in total. The molecular formula is C22H22N2O6. The number of nitro groups is 1. The summed E-state index contributed by atoms with van der Waals surface area (Å²) >= 11 is 0. The highest BCUT2D eigenvalue weighted by molar-refractivity contribution is 6.05. The molecule has 0 bridgehead atoms. The topological polar surface area (TPSA) is 116 Å². The molecule has 0 heterocycles. The predicted molar refractivity (Wildman–Crippen MR) is 111 cm³/mol. The number of carbonyl (C=O) groups is 3. The number of carbonyl (C=O) groups excluding carboxylic acids is 3. The molecule has 8 heteroatoms. The molecule has 2 aromatic rings. The Balaban J connectivity index is 1.82. The maximum Gasteiger partial charge on any atom is 0.331 e. The first-order valence-corrected chi connectivity index (χ1v) is 9.10. The van der Waals surface area contributed by atoms with Crippen LogP contribution in [0.5, 0.6) is 0 Å². The molecular weight excluding hydrogens is 388 g/mol. The van der Waals surface area contributed by atoms with Gasteiger partial charge >= 0.3 is 5.97 Å². The van der Waals surface area contributed by atoms with Crippen LogP contribution in [-0.4, -0.2) is 29.3 Å². The van der Waals surface area contributed by atoms with Crippen LogP contribution in [-0.2, 0) is 19.7 Å². The van der Waals surface area contributed by atoms with Crippen LogP contribution in [0.15, 0.2) is 54.6 Å². The lowest BCUT2D eigenvalue weighted by Gasteiger charge is -2.18. The first-order chi connectivity index (χ1) is 14.1. The van der Waals surface area contributed by atoms with Crippen molar-refractivity contribution in [2.24, 2.45) is 0 Å². The van der Waals surface area contributed by atoms with Crippen LogP contribution < -0.4 is 5.32 Å². The monoisotopic (exact) mass is 410 g/mol. The van der Waals surface area contributed by atoms with Gasteiger partial charge in [-0.1, -0.05) is 32.9 Å². The van der Waals surface area contributed by atoms with Crippen molar-refractivity contribution in [2.75, 3.05) is 6.61 Å². The lowest BCUT2D eigenvalue weighted by atomic mass is 9.87. The van der Waals surface area contributed by atoms with Gasteiger partial charge in [-0.05, 0) is 46.9 Å². The number of imide groups is 1. The van der Waals surface area contributed by atoms with E-state index in [1.807, 2.05) is 12.1 Å². The lowest BCUT2D eigenvalue weighted by Crippen LogP contribution is -2.34. The summed E-state index contributed by atoms with van der Waals surface area (Å²) < 4.78 is 4.79. The van der Waals surface area contributed by atoms with Crippen LogP contribution in [0.4, 0.5) is 5.69 Å². The summed E-state index contributed by atoms with van der Waals surface area (Å²) in [6, 6.07) is 12.4. The minimum Gasteiger partial charge on any atom is -0.452 e. The number of rotatable bonds is 6. The fourth-order valence-corrected chi connectivity index (χ4v) is 2.41. The van der Waals surface area contributed by atoms with Gasteiger partial charge in [-0.3, -0.25) is 25.0 Å². The van der Waals surface area contributed by atoms with Crippen molar-refractivity contribution >= 4 is 29.5 Å². The van der Waals surface area contributed by atoms with Gasteiger partial charge in [0.25, 0.3) is 17.5 Å². The summed E-state index contributed by atoms with van der Waals surface area (Å²) in [7, 11) is 0. The highest BCUT2D eigenvalue weighted by Gasteiger charge is 2.16. The summed E-state index contributed by atoms with van der Waals surface area (Å²) in [6.45, 7) is 5.54. The number of nitrogens with one attached hydrogen (secondary N) is 1. The van der Waals surface area contributed by atoms with Gasteiger partial charge in [0, 0.05) is 23.8 Å². The Bertz CT molecular complexity index is 970. The second kappa shape index (κ2) is 9.60. The molecule has 0 saturated carbocycles. The standard InChI is InChI=1S/C22H22N2O6/c1-22(2,3)17-9-7-16(8-10-17)21(27)23-19(25)14-30-20(26)13-6-15-4-11-18(12-5-15)24(28)29/h4-13H,14H2,1-3H3,(H,23,25,27)/b13-6+. The van der Waals surface area contributed by atoms with Crippen LogP contribution in [0.3, 0.4) is 0 Å². The van der Waals surface area contributed by atoms with E-state index in [0.29, 0.717) is 11.1 Å². The van der Waals surface area contributed by atoms with Crippen LogP contribution >= 0.6 is 0 Å². The van der Waals surface area contributed by atoms with Crippen LogP contribution in [0, 0.1) is 10.1 Å². The van der Waals surface area contributed by atoms with E-state index in [2.05, 4.69) is 26.1 Å². The zero-order valence-corrected chi connectivity index (χ0v) is 16.9. The third kappa shape index (κ3) is 6.66. The van der Waals surface area contributed by atoms with Gasteiger partial charge in [0.15, 0.2) is 6.61 Å². The normalized spacial score (nSPS) is 11.2. The second-order valence-corrected chi connectivity index (χ2v) is 7.49. The van der Waals surface area contributed by atoms with Crippen molar-refractivity contribution in [1.29, 1.82) is 0 Å². The second-order valence-electron chi connectivity index (χ2n) is 7.49. The Morgan fingerprint density at radius 2 is 1.63 bits per heavy atom. The van der Waals surface area contributed by atoms with E-state index in [9.17, 15) is 24.5 Å². The average Bonchev–Trinajstić information content (AvgIpc) is 2.70. The smallest absolute Gasteiger partial charge is 0.331 e. The molecule has 0 spiro atoms. The molecule has 0 unspecified atom stereocenters. The van der Waals surface area contributed by atoms with Gasteiger partial charge in [0.05, 0.1) is 4.92 Å². The fourth-order valence-electron chi connectivity index (χ4n) is 2.41. The number of hydrogen-bond donors (Lipinski definition) is 1. The summed E-state index contributed by atoms with van der Waals surface area (Å²) in [5, 5.41) is 12.8. The number of ether oxygens (including phenoxy) is 1. The molecule has 2 amide bonds. The van der Waals surface area contributed by atoms with Gasteiger partial charge < -0.3 is 4.74 Å². The minimum atomic E-state index is -0.787. The molecule has 8 nitrogen and oxygen atoms in total. The number of hydrogen-bond acceptors (Lipinski definition) is 6. The number of benzene rings is 2. The summed E-state index contributed by atoms with van der Waals surface area (Å²) in [5.41, 5.74) is 1.81. The number of nitro benzene ring substituents is 1. The van der Waals surface area contributed by atoms with Crippen molar-refractivity contribution < 1.29 is 24.0 Å². The Kier molecular flexibility index (Phi) is 7.19. The molecule has 0 fully saturated rings. The molecule has 2 aromatic carbocycles. The highest BCUT2D eigenvalue weighted by Crippen LogP contribution is 2.22. The fraction of sp³-hybridized carbons (Fsp3) is 0.227. The van der Waals surface area contributed by atoms with Crippen molar-refractivity contribution in [2.45, 2.75) is 26.2 Å². The molecule has 156 valence electrons. The third-order valence-corrected chi connectivity index (χ3v) is 4.13. The number of nitrogens with zero attached hydrogens (tertiary/aromatic N) is 1. The molecule has 0 radical (unpaired) electrons. The zero-order valence-electron chi connectivity index (χ0n) is 16.9. The predicted octanol–water partition coefficient (Wildman–Crippen LogP) is 3.41. The van der Waals surface area contributed by atoms with Gasteiger partial charge in [-0.2, -0.15) is 0 Å². The van der Waals surface area contributed by atoms with Crippen LogP contribution in [0.25, 0.3) is 6.08 Å². The van der Waals surface area contributed by atoms with Gasteiger partial charge in [-0.15, -0.1) is 0 Å². The maximum atomic E-state index is 12.1. The first-order valence-electron chi connectivity index (χ1n) is 9.10. The molecule has 0 atom stereocenters. The largest absolute Gasteiger partial charge is 0.452 e. The lowest BCUT2D eigenvalue weighted by molar-refractivity contribution is -0.384. The molecule has 0 saturated heterocycles. The van der Waals surface area contributed by atoms with Crippen LogP contribution in [0.2, 0.25) is 0 Å². The Morgan fingerprint density at radius 1 is 1.03 bits per heavy atom. The van der Waals surface area contributed by atoms with E-state index in [4.69, 9.17) is 4.74 Å². The van der Waals surface area contributed by atoms with E-state index in [1.54, 1.807) is 12.1 Å². The number of non-ortho nitro benzene ring substituents is 1. The first kappa shape index (κ1) is 22.5. The van der Waals surface area contributed by atoms with Gasteiger partial charge in [-0.25, -0.2) is 4.79 Å². The zero-order chi connectivity index (χ0) is 22.3. The third-order valence-electron chi connectivity index (χ3n) is 4.13. The van der Waals surface area contributed by atoms with Gasteiger partial charge in [0.2, 0.25) is 0 Å². The molecule has 0 aliphatic heterocycles. The van der Waals surface area contributed by atoms with Crippen molar-refractivity contribution in [3.63, 3.8) is 0 Å². The van der Waals surface area contributed by atoms with E-state index in [1.165, 1.54) is 30.3 Å². The number of amides is 2. The van der Waals surface area contributed by atoms with E-state index in [0.717, 1.165) is 11.6 Å². The summed E-state index contributed by atoms with van der Waals surface area (Å²) in [4.78, 5) is 45.7. The summed E-state index contributed by atoms with van der Waals surface area (Å²) in [6.07, 6.45) is 2.48. The summed E-state index contributed by atoms with van der Waals surface area (Å²) in [5.74, 6) is -2.12. The maximum absolute atomic E-state index is 12.1. The van der Waals surface area contributed by atoms with Gasteiger partial charge in [0.1, 0.15) is 0 Å². The van der Waals surface area contributed by atoms with Crippen molar-refractivity contribution in [1.82, 2.24) is 5.32 Å². The van der Waals surface area contributed by atoms with Crippen LogP contribution in [0.1, 0.15) is 42.3 Å². The average molecular weight is 410 g/mol. The quantitative estimate of drug-likeness (QED) is 0.338. The molecule has 0 aliphatic rings. The highest BCUT2D eigenvalue weighted by atomic mass is 16.6. The van der Waals surface area contributed by atoms with E-state index in [-0.39, 0.29) is 11.1 Å². The van der Waals surface area contributed by atoms with Crippen molar-refractivity contribution in [3.05, 3.63) is 81.4 Å². The minimum absolute atomic E-state index is 0.0546. The van der Waals surface area contributed by atoms with E-state index >= 15 is 0 Å². The molecule has 2 rings (SSSR count). The molecule has 0 aromatic heterocycles. The number of esters is 1. The Labute approximate surface area is 173 Å². The SMILES string of the molecule is CC(C)(C)c1ccc(C(=O)NC(=O)COC(=O)/C=C/c2ccc([N+](=O)[O-])cc2)cc1. The van der Waals surface area contributed by atoms with E-state index < -0.39 is 29.3 Å². The Hall–Kier alpha value is -3.81. The molecule has 30 heavy (non-hydrogen) atoms.